The highest BCUT2D eigenvalue weighted by Gasteiger charge is 2.34. The summed E-state index contributed by atoms with van der Waals surface area (Å²) in [6, 6.07) is 1.20. The first-order valence-electron chi connectivity index (χ1n) is 5.68. The Morgan fingerprint density at radius 3 is 2.41 bits per heavy atom. The van der Waals surface area contributed by atoms with Crippen molar-refractivity contribution in [2.75, 3.05) is 6.61 Å². The molecular weight excluding hydrogens is 286 g/mol. The lowest BCUT2D eigenvalue weighted by Crippen LogP contribution is -2.48. The number of nitrogens with one attached hydrogen (secondary N) is 2. The molecule has 2 bridgehead atoms. The molecule has 0 aromatic heterocycles. The molecule has 2 N–H and O–H groups in total. The SMILES string of the molecule is O=C(NC1C[C@H]2CC[C@@H](C1)N2)OCC(Cl)(Cl)Cl. The van der Waals surface area contributed by atoms with Gasteiger partial charge in [0.05, 0.1) is 0 Å². The van der Waals surface area contributed by atoms with Crippen LogP contribution >= 0.6 is 34.8 Å². The predicted molar refractivity (Wildman–Crippen MR) is 67.7 cm³/mol. The molecule has 0 radical (unpaired) electrons. The van der Waals surface area contributed by atoms with Gasteiger partial charge in [0.25, 0.3) is 0 Å². The zero-order valence-electron chi connectivity index (χ0n) is 9.22. The Balaban J connectivity index is 1.72. The number of rotatable bonds is 2. The monoisotopic (exact) mass is 300 g/mol. The van der Waals surface area contributed by atoms with Gasteiger partial charge in [-0.1, -0.05) is 34.8 Å². The number of hydrogen-bond donors (Lipinski definition) is 2. The molecule has 2 heterocycles. The molecule has 0 aromatic carbocycles. The van der Waals surface area contributed by atoms with Crippen molar-refractivity contribution in [2.45, 2.75) is 47.6 Å². The standard InChI is InChI=1S/C10H15Cl3N2O2/c11-10(12,13)5-17-9(16)15-8-3-6-1-2-7(4-8)14-6/h6-8,14H,1-5H2,(H,15,16)/t6-,7+,8?. The second-order valence-corrected chi connectivity index (χ2v) is 7.16. The van der Waals surface area contributed by atoms with Crippen molar-refractivity contribution < 1.29 is 9.53 Å². The van der Waals surface area contributed by atoms with Crippen molar-refractivity contribution in [1.29, 1.82) is 0 Å². The van der Waals surface area contributed by atoms with Crippen LogP contribution in [0.5, 0.6) is 0 Å². The highest BCUT2D eigenvalue weighted by Crippen LogP contribution is 2.27. The minimum Gasteiger partial charge on any atom is -0.445 e. The van der Waals surface area contributed by atoms with Gasteiger partial charge in [-0.2, -0.15) is 0 Å². The Morgan fingerprint density at radius 1 is 1.29 bits per heavy atom. The van der Waals surface area contributed by atoms with Crippen LogP contribution in [0.2, 0.25) is 0 Å². The molecular formula is C10H15Cl3N2O2. The molecule has 1 unspecified atom stereocenters. The van der Waals surface area contributed by atoms with E-state index >= 15 is 0 Å². The van der Waals surface area contributed by atoms with Crippen LogP contribution in [0.15, 0.2) is 0 Å². The summed E-state index contributed by atoms with van der Waals surface area (Å²) in [6.07, 6.45) is 3.75. The first-order valence-corrected chi connectivity index (χ1v) is 6.82. The van der Waals surface area contributed by atoms with Crippen LogP contribution in [0.1, 0.15) is 25.7 Å². The summed E-state index contributed by atoms with van der Waals surface area (Å²) in [5.74, 6) is 0. The number of piperidine rings is 1. The summed E-state index contributed by atoms with van der Waals surface area (Å²) in [7, 11) is 0. The predicted octanol–water partition coefficient (Wildman–Crippen LogP) is 2.37. The molecule has 2 aliphatic rings. The van der Waals surface area contributed by atoms with Crippen LogP contribution < -0.4 is 10.6 Å². The lowest BCUT2D eigenvalue weighted by Gasteiger charge is -2.29. The van der Waals surface area contributed by atoms with Crippen LogP contribution in [0, 0.1) is 0 Å². The third-order valence-electron chi connectivity index (χ3n) is 3.16. The van der Waals surface area contributed by atoms with E-state index in [1.807, 2.05) is 0 Å². The van der Waals surface area contributed by atoms with E-state index in [9.17, 15) is 4.79 Å². The summed E-state index contributed by atoms with van der Waals surface area (Å²) >= 11 is 16.5. The second-order valence-electron chi connectivity index (χ2n) is 4.64. The summed E-state index contributed by atoms with van der Waals surface area (Å²) in [5, 5.41) is 6.31. The number of halogens is 3. The van der Waals surface area contributed by atoms with Crippen molar-refractivity contribution in [3.63, 3.8) is 0 Å². The fourth-order valence-electron chi connectivity index (χ4n) is 2.53. The summed E-state index contributed by atoms with van der Waals surface area (Å²) in [6.45, 7) is -0.235. The molecule has 98 valence electrons. The maximum Gasteiger partial charge on any atom is 0.407 e. The van der Waals surface area contributed by atoms with Crippen LogP contribution in [0.3, 0.4) is 0 Å². The third-order valence-corrected chi connectivity index (χ3v) is 3.49. The van der Waals surface area contributed by atoms with Crippen molar-refractivity contribution in [3.05, 3.63) is 0 Å². The zero-order chi connectivity index (χ0) is 12.5. The smallest absolute Gasteiger partial charge is 0.407 e. The minimum absolute atomic E-state index is 0.164. The Hall–Kier alpha value is 0.1000. The van der Waals surface area contributed by atoms with Gasteiger partial charge in [0.15, 0.2) is 0 Å². The molecule has 0 spiro atoms. The molecule has 1 amide bonds. The number of alkyl carbamates (subject to hydrolysis) is 1. The molecule has 0 aliphatic carbocycles. The molecule has 0 aromatic rings. The van der Waals surface area contributed by atoms with E-state index in [0.29, 0.717) is 12.1 Å². The quantitative estimate of drug-likeness (QED) is 0.770. The number of fused-ring (bicyclic) bond motifs is 2. The number of amides is 1. The van der Waals surface area contributed by atoms with Crippen LogP contribution in [-0.4, -0.2) is 34.6 Å². The first kappa shape index (κ1) is 13.5. The summed E-state index contributed by atoms with van der Waals surface area (Å²) in [5.41, 5.74) is 0. The number of carbonyl (C=O) groups excluding carboxylic acids is 1. The van der Waals surface area contributed by atoms with E-state index in [0.717, 1.165) is 12.8 Å². The zero-order valence-corrected chi connectivity index (χ0v) is 11.5. The fourth-order valence-corrected chi connectivity index (χ4v) is 2.69. The molecule has 2 aliphatic heterocycles. The molecule has 3 atom stereocenters. The maximum absolute atomic E-state index is 11.5. The number of carbonyl (C=O) groups is 1. The van der Waals surface area contributed by atoms with Gasteiger partial charge in [-0.3, -0.25) is 0 Å². The summed E-state index contributed by atoms with van der Waals surface area (Å²) in [4.78, 5) is 11.5. The molecule has 2 saturated heterocycles. The van der Waals surface area contributed by atoms with Gasteiger partial charge in [-0.25, -0.2) is 4.79 Å². The van der Waals surface area contributed by atoms with E-state index in [2.05, 4.69) is 10.6 Å². The Labute approximate surface area is 115 Å². The van der Waals surface area contributed by atoms with Crippen molar-refractivity contribution in [1.82, 2.24) is 10.6 Å². The molecule has 2 rings (SSSR count). The van der Waals surface area contributed by atoms with Gasteiger partial charge < -0.3 is 15.4 Å². The highest BCUT2D eigenvalue weighted by molar-refractivity contribution is 6.67. The van der Waals surface area contributed by atoms with Gasteiger partial charge in [-0.15, -0.1) is 0 Å². The van der Waals surface area contributed by atoms with E-state index in [1.165, 1.54) is 12.8 Å². The molecule has 17 heavy (non-hydrogen) atoms. The van der Waals surface area contributed by atoms with Gasteiger partial charge in [0, 0.05) is 18.1 Å². The van der Waals surface area contributed by atoms with E-state index in [1.54, 1.807) is 0 Å². The van der Waals surface area contributed by atoms with E-state index in [-0.39, 0.29) is 12.6 Å². The van der Waals surface area contributed by atoms with Crippen LogP contribution in [-0.2, 0) is 4.74 Å². The first-order chi connectivity index (χ1) is 7.92. The topological polar surface area (TPSA) is 50.4 Å². The number of alkyl halides is 3. The lowest BCUT2D eigenvalue weighted by atomic mass is 10.0. The van der Waals surface area contributed by atoms with E-state index < -0.39 is 9.89 Å². The van der Waals surface area contributed by atoms with E-state index in [4.69, 9.17) is 39.5 Å². The Morgan fingerprint density at radius 2 is 1.88 bits per heavy atom. The molecule has 4 nitrogen and oxygen atoms in total. The van der Waals surface area contributed by atoms with Gasteiger partial charge in [-0.05, 0) is 25.7 Å². The third kappa shape index (κ3) is 4.36. The average Bonchev–Trinajstić information content (AvgIpc) is 2.54. The van der Waals surface area contributed by atoms with Crippen LogP contribution in [0.25, 0.3) is 0 Å². The normalized spacial score (nSPS) is 32.3. The van der Waals surface area contributed by atoms with Gasteiger partial charge in [0.1, 0.15) is 6.61 Å². The second kappa shape index (κ2) is 5.39. The Kier molecular flexibility index (Phi) is 4.29. The average molecular weight is 302 g/mol. The Bertz CT molecular complexity index is 284. The lowest BCUT2D eigenvalue weighted by molar-refractivity contribution is 0.140. The van der Waals surface area contributed by atoms with Crippen LogP contribution in [0.4, 0.5) is 4.79 Å². The van der Waals surface area contributed by atoms with Crippen molar-refractivity contribution >= 4 is 40.9 Å². The van der Waals surface area contributed by atoms with Crippen molar-refractivity contribution in [2.24, 2.45) is 0 Å². The van der Waals surface area contributed by atoms with Gasteiger partial charge >= 0.3 is 6.09 Å². The molecule has 7 heteroatoms. The largest absolute Gasteiger partial charge is 0.445 e. The van der Waals surface area contributed by atoms with Crippen molar-refractivity contribution in [3.8, 4) is 0 Å². The maximum atomic E-state index is 11.5. The highest BCUT2D eigenvalue weighted by atomic mass is 35.6. The fraction of sp³-hybridized carbons (Fsp3) is 0.900. The minimum atomic E-state index is -1.55. The number of hydrogen-bond acceptors (Lipinski definition) is 3. The molecule has 0 saturated carbocycles. The number of ether oxygens (including phenoxy) is 1. The summed E-state index contributed by atoms with van der Waals surface area (Å²) < 4.78 is 3.28. The van der Waals surface area contributed by atoms with Gasteiger partial charge in [0.2, 0.25) is 3.79 Å². The molecule has 2 fully saturated rings.